The van der Waals surface area contributed by atoms with E-state index < -0.39 is 6.10 Å². The van der Waals surface area contributed by atoms with Gasteiger partial charge in [0, 0.05) is 25.0 Å². The van der Waals surface area contributed by atoms with Crippen LogP contribution in [0.15, 0.2) is 67.0 Å². The molecule has 180 valence electrons. The number of pyridine rings is 1. The molecule has 0 spiro atoms. The molecule has 0 fully saturated rings. The maximum atomic E-state index is 12.8. The Bertz CT molecular complexity index is 1350. The third-order valence-electron chi connectivity index (χ3n) is 5.52. The molecular weight excluding hydrogens is 450 g/mol. The minimum atomic E-state index is -0.904. The number of carbonyl (C=O) groups excluding carboxylic acids is 1. The third kappa shape index (κ3) is 5.15. The first-order chi connectivity index (χ1) is 17.1. The number of nitrogens with one attached hydrogen (secondary N) is 1. The van der Waals surface area contributed by atoms with Gasteiger partial charge in [0.1, 0.15) is 36.5 Å². The number of para-hydroxylation sites is 1. The van der Waals surface area contributed by atoms with Crippen LogP contribution in [0.5, 0.6) is 23.0 Å². The molecule has 0 saturated heterocycles. The van der Waals surface area contributed by atoms with Gasteiger partial charge in [0.2, 0.25) is 6.79 Å². The van der Waals surface area contributed by atoms with E-state index in [0.29, 0.717) is 28.6 Å². The number of hydrogen-bond acceptors (Lipinski definition) is 7. The molecule has 5 rings (SSSR count). The van der Waals surface area contributed by atoms with Crippen LogP contribution in [0.1, 0.15) is 21.6 Å². The molecule has 1 atom stereocenters. The number of aliphatic hydroxyl groups excluding tert-OH is 1. The summed E-state index contributed by atoms with van der Waals surface area (Å²) in [6.45, 7) is 2.42. The largest absolute Gasteiger partial charge is 0.491 e. The van der Waals surface area contributed by atoms with Gasteiger partial charge in [0.05, 0.1) is 11.3 Å². The molecule has 2 aromatic carbocycles. The van der Waals surface area contributed by atoms with E-state index in [0.717, 1.165) is 16.9 Å². The number of amides is 1. The summed E-state index contributed by atoms with van der Waals surface area (Å²) in [6, 6.07) is 16.1. The Hall–Kier alpha value is -4.24. The number of imidazole rings is 1. The van der Waals surface area contributed by atoms with Gasteiger partial charge in [-0.15, -0.1) is 0 Å². The normalized spacial score (nSPS) is 13.0. The number of hydrogen-bond donors (Lipinski definition) is 2. The van der Waals surface area contributed by atoms with E-state index in [1.165, 1.54) is 0 Å². The first-order valence-electron chi connectivity index (χ1n) is 11.2. The van der Waals surface area contributed by atoms with Gasteiger partial charge in [-0.05, 0) is 42.8 Å². The molecule has 9 heteroatoms. The molecule has 2 N–H and O–H groups in total. The van der Waals surface area contributed by atoms with Crippen molar-refractivity contribution in [3.05, 3.63) is 83.8 Å². The van der Waals surface area contributed by atoms with Crippen molar-refractivity contribution in [3.8, 4) is 23.0 Å². The topological polar surface area (TPSA) is 104 Å². The molecule has 0 saturated carbocycles. The molecule has 4 aromatic rings. The number of ether oxygens (including phenoxy) is 4. The van der Waals surface area contributed by atoms with E-state index in [1.807, 2.05) is 35.9 Å². The monoisotopic (exact) mass is 475 g/mol. The minimum Gasteiger partial charge on any atom is -0.491 e. The zero-order valence-corrected chi connectivity index (χ0v) is 19.1. The van der Waals surface area contributed by atoms with Gasteiger partial charge in [-0.1, -0.05) is 18.2 Å². The average molecular weight is 476 g/mol. The van der Waals surface area contributed by atoms with Gasteiger partial charge in [-0.25, -0.2) is 4.98 Å². The maximum absolute atomic E-state index is 12.8. The fourth-order valence-corrected chi connectivity index (χ4v) is 3.73. The van der Waals surface area contributed by atoms with Crippen LogP contribution in [0.25, 0.3) is 5.65 Å². The molecule has 0 bridgehead atoms. The zero-order valence-electron chi connectivity index (χ0n) is 19.1. The van der Waals surface area contributed by atoms with E-state index in [-0.39, 0.29) is 32.5 Å². The van der Waals surface area contributed by atoms with Gasteiger partial charge in [0.25, 0.3) is 5.91 Å². The lowest BCUT2D eigenvalue weighted by Gasteiger charge is -2.15. The lowest BCUT2D eigenvalue weighted by molar-refractivity contribution is 0.0840. The third-order valence-corrected chi connectivity index (χ3v) is 5.52. The van der Waals surface area contributed by atoms with Crippen molar-refractivity contribution >= 4 is 11.6 Å². The number of benzene rings is 2. The van der Waals surface area contributed by atoms with Gasteiger partial charge < -0.3 is 33.8 Å². The molecule has 1 aliphatic heterocycles. The van der Waals surface area contributed by atoms with Gasteiger partial charge in [-0.2, -0.15) is 0 Å². The lowest BCUT2D eigenvalue weighted by atomic mass is 10.2. The van der Waals surface area contributed by atoms with Crippen molar-refractivity contribution in [2.45, 2.75) is 19.6 Å². The van der Waals surface area contributed by atoms with Crippen LogP contribution in [0.4, 0.5) is 0 Å². The SMILES string of the molecule is Cc1cccn2cc(COc3ccccc3C(=O)NCC(O)COc3ccc4c(c3)OCO4)nc12. The highest BCUT2D eigenvalue weighted by Crippen LogP contribution is 2.35. The molecule has 1 unspecified atom stereocenters. The standard InChI is InChI=1S/C26H25N3O6/c1-17-5-4-10-29-13-18(28-25(17)29)14-33-22-7-3-2-6-21(22)26(31)27-12-19(30)15-32-20-8-9-23-24(11-20)35-16-34-23/h2-11,13,19,30H,12,14-16H2,1H3,(H,27,31). The molecule has 1 aliphatic rings. The fourth-order valence-electron chi connectivity index (χ4n) is 3.73. The van der Waals surface area contributed by atoms with E-state index >= 15 is 0 Å². The Balaban J connectivity index is 1.15. The second-order valence-corrected chi connectivity index (χ2v) is 8.13. The van der Waals surface area contributed by atoms with E-state index in [2.05, 4.69) is 10.3 Å². The second-order valence-electron chi connectivity index (χ2n) is 8.13. The van der Waals surface area contributed by atoms with Crippen LogP contribution in [0.3, 0.4) is 0 Å². The fraction of sp³-hybridized carbons (Fsp3) is 0.231. The van der Waals surface area contributed by atoms with Crippen molar-refractivity contribution in [2.75, 3.05) is 19.9 Å². The Morgan fingerprint density at radius 1 is 1.14 bits per heavy atom. The van der Waals surface area contributed by atoms with Crippen molar-refractivity contribution < 1.29 is 28.8 Å². The molecule has 35 heavy (non-hydrogen) atoms. The van der Waals surface area contributed by atoms with Crippen LogP contribution >= 0.6 is 0 Å². The molecule has 3 heterocycles. The molecule has 9 nitrogen and oxygen atoms in total. The van der Waals surface area contributed by atoms with Crippen molar-refractivity contribution in [1.29, 1.82) is 0 Å². The summed E-state index contributed by atoms with van der Waals surface area (Å²) < 4.78 is 24.0. The highest BCUT2D eigenvalue weighted by atomic mass is 16.7. The predicted octanol–water partition coefficient (Wildman–Crippen LogP) is 3.12. The molecule has 1 amide bonds. The summed E-state index contributed by atoms with van der Waals surface area (Å²) in [6.07, 6.45) is 2.93. The summed E-state index contributed by atoms with van der Waals surface area (Å²) in [7, 11) is 0. The van der Waals surface area contributed by atoms with Gasteiger partial charge in [0.15, 0.2) is 11.5 Å². The van der Waals surface area contributed by atoms with Crippen molar-refractivity contribution in [1.82, 2.24) is 14.7 Å². The van der Waals surface area contributed by atoms with Crippen LogP contribution in [0, 0.1) is 6.92 Å². The Morgan fingerprint density at radius 2 is 2.00 bits per heavy atom. The van der Waals surface area contributed by atoms with E-state index in [9.17, 15) is 9.90 Å². The number of rotatable bonds is 9. The number of fused-ring (bicyclic) bond motifs is 2. The van der Waals surface area contributed by atoms with Gasteiger partial charge >= 0.3 is 0 Å². The maximum Gasteiger partial charge on any atom is 0.255 e. The first-order valence-corrected chi connectivity index (χ1v) is 11.2. The number of carbonyl (C=O) groups is 1. The van der Waals surface area contributed by atoms with Crippen LogP contribution in [0.2, 0.25) is 0 Å². The molecule has 0 aliphatic carbocycles. The summed E-state index contributed by atoms with van der Waals surface area (Å²) in [5.74, 6) is 1.88. The summed E-state index contributed by atoms with van der Waals surface area (Å²) >= 11 is 0. The quantitative estimate of drug-likeness (QED) is 0.383. The van der Waals surface area contributed by atoms with Crippen LogP contribution < -0.4 is 24.3 Å². The lowest BCUT2D eigenvalue weighted by Crippen LogP contribution is -2.35. The summed E-state index contributed by atoms with van der Waals surface area (Å²) in [4.78, 5) is 17.4. The Morgan fingerprint density at radius 3 is 2.89 bits per heavy atom. The highest BCUT2D eigenvalue weighted by molar-refractivity contribution is 5.96. The molecule has 0 radical (unpaired) electrons. The van der Waals surface area contributed by atoms with Crippen LogP contribution in [-0.2, 0) is 6.61 Å². The number of aryl methyl sites for hydroxylation is 1. The van der Waals surface area contributed by atoms with Crippen molar-refractivity contribution in [3.63, 3.8) is 0 Å². The number of aromatic nitrogens is 2. The number of nitrogens with zero attached hydrogens (tertiary/aromatic N) is 2. The van der Waals surface area contributed by atoms with E-state index in [4.69, 9.17) is 18.9 Å². The average Bonchev–Trinajstić information content (AvgIpc) is 3.52. The van der Waals surface area contributed by atoms with Gasteiger partial charge in [-0.3, -0.25) is 4.79 Å². The predicted molar refractivity (Wildman–Crippen MR) is 127 cm³/mol. The molecule has 2 aromatic heterocycles. The second kappa shape index (κ2) is 9.94. The smallest absolute Gasteiger partial charge is 0.255 e. The summed E-state index contributed by atoms with van der Waals surface area (Å²) in [5.41, 5.74) is 3.07. The molecular formula is C26H25N3O6. The highest BCUT2D eigenvalue weighted by Gasteiger charge is 2.17. The minimum absolute atomic E-state index is 0.00533. The zero-order chi connectivity index (χ0) is 24.2. The van der Waals surface area contributed by atoms with E-state index in [1.54, 1.807) is 42.5 Å². The Labute approximate surface area is 201 Å². The number of aliphatic hydroxyl groups is 1. The van der Waals surface area contributed by atoms with Crippen LogP contribution in [-0.4, -0.2) is 46.4 Å². The van der Waals surface area contributed by atoms with Crippen molar-refractivity contribution in [2.24, 2.45) is 0 Å². The summed E-state index contributed by atoms with van der Waals surface area (Å²) in [5, 5.41) is 13.0. The first kappa shape index (κ1) is 22.5. The Kier molecular flexibility index (Phi) is 6.40.